The standard InChI is InChI=1S/C11H17N3O4S2/c1-9-8-19(15,16)6-5-14(9)20(17,18)11-3-2-4-13-10(11)7-12/h2-4,9H,5-8,12H2,1H3. The molecule has 2 N–H and O–H groups in total. The maximum absolute atomic E-state index is 12.6. The average molecular weight is 319 g/mol. The molecule has 0 spiro atoms. The minimum Gasteiger partial charge on any atom is -0.325 e. The maximum atomic E-state index is 12.6. The van der Waals surface area contributed by atoms with Crippen molar-refractivity contribution in [2.45, 2.75) is 24.4 Å². The van der Waals surface area contributed by atoms with E-state index in [9.17, 15) is 16.8 Å². The van der Waals surface area contributed by atoms with Gasteiger partial charge in [0, 0.05) is 25.3 Å². The van der Waals surface area contributed by atoms with Crippen molar-refractivity contribution >= 4 is 19.9 Å². The van der Waals surface area contributed by atoms with E-state index in [-0.39, 0.29) is 35.2 Å². The summed E-state index contributed by atoms with van der Waals surface area (Å²) in [7, 11) is -6.95. The number of rotatable bonds is 3. The number of hydrogen-bond acceptors (Lipinski definition) is 6. The van der Waals surface area contributed by atoms with Gasteiger partial charge >= 0.3 is 0 Å². The van der Waals surface area contributed by atoms with Gasteiger partial charge in [-0.05, 0) is 19.1 Å². The highest BCUT2D eigenvalue weighted by molar-refractivity contribution is 7.92. The predicted octanol–water partition coefficient (Wildman–Crippen LogP) is -0.652. The van der Waals surface area contributed by atoms with E-state index in [2.05, 4.69) is 4.98 Å². The van der Waals surface area contributed by atoms with Crippen LogP contribution in [0.4, 0.5) is 0 Å². The molecular weight excluding hydrogens is 302 g/mol. The Bertz CT molecular complexity index is 700. The zero-order valence-corrected chi connectivity index (χ0v) is 12.7. The summed E-state index contributed by atoms with van der Waals surface area (Å²) < 4.78 is 49.5. The van der Waals surface area contributed by atoms with Crippen molar-refractivity contribution in [3.8, 4) is 0 Å². The molecule has 1 aliphatic rings. The Morgan fingerprint density at radius 1 is 1.50 bits per heavy atom. The van der Waals surface area contributed by atoms with Gasteiger partial charge < -0.3 is 5.73 Å². The summed E-state index contributed by atoms with van der Waals surface area (Å²) in [5.74, 6) is -0.320. The van der Waals surface area contributed by atoms with Crippen LogP contribution in [-0.4, -0.2) is 50.2 Å². The van der Waals surface area contributed by atoms with Gasteiger partial charge in [0.1, 0.15) is 4.90 Å². The van der Waals surface area contributed by atoms with Gasteiger partial charge in [0.15, 0.2) is 9.84 Å². The van der Waals surface area contributed by atoms with Gasteiger partial charge in [-0.2, -0.15) is 4.31 Å². The van der Waals surface area contributed by atoms with E-state index in [0.717, 1.165) is 0 Å². The molecule has 2 heterocycles. The third-order valence-corrected chi connectivity index (χ3v) is 7.12. The lowest BCUT2D eigenvalue weighted by Crippen LogP contribution is -2.49. The second-order valence-corrected chi connectivity index (χ2v) is 8.82. The van der Waals surface area contributed by atoms with Gasteiger partial charge in [0.25, 0.3) is 0 Å². The second kappa shape index (κ2) is 5.40. The molecule has 112 valence electrons. The van der Waals surface area contributed by atoms with Crippen LogP contribution in [0.1, 0.15) is 12.6 Å². The van der Waals surface area contributed by atoms with Crippen molar-refractivity contribution < 1.29 is 16.8 Å². The Labute approximate surface area is 118 Å². The largest absolute Gasteiger partial charge is 0.325 e. The second-order valence-electron chi connectivity index (χ2n) is 4.73. The third kappa shape index (κ3) is 2.85. The van der Waals surface area contributed by atoms with E-state index in [4.69, 9.17) is 5.73 Å². The van der Waals surface area contributed by atoms with Gasteiger partial charge in [-0.25, -0.2) is 16.8 Å². The molecule has 20 heavy (non-hydrogen) atoms. The third-order valence-electron chi connectivity index (χ3n) is 3.24. The van der Waals surface area contributed by atoms with Crippen LogP contribution in [0.25, 0.3) is 0 Å². The van der Waals surface area contributed by atoms with Gasteiger partial charge in [0.2, 0.25) is 10.0 Å². The molecule has 0 aliphatic carbocycles. The highest BCUT2D eigenvalue weighted by Crippen LogP contribution is 2.23. The molecule has 1 aromatic rings. The Hall–Kier alpha value is -1.03. The molecule has 7 nitrogen and oxygen atoms in total. The zero-order valence-electron chi connectivity index (χ0n) is 11.1. The summed E-state index contributed by atoms with van der Waals surface area (Å²) >= 11 is 0. The molecule has 1 aliphatic heterocycles. The van der Waals surface area contributed by atoms with Crippen LogP contribution < -0.4 is 5.73 Å². The van der Waals surface area contributed by atoms with E-state index >= 15 is 0 Å². The first-order valence-electron chi connectivity index (χ1n) is 6.14. The summed E-state index contributed by atoms with van der Waals surface area (Å²) in [6.07, 6.45) is 1.48. The van der Waals surface area contributed by atoms with E-state index in [1.165, 1.54) is 22.6 Å². The predicted molar refractivity (Wildman–Crippen MR) is 74.1 cm³/mol. The smallest absolute Gasteiger partial charge is 0.245 e. The number of nitrogens with two attached hydrogens (primary N) is 1. The highest BCUT2D eigenvalue weighted by atomic mass is 32.2. The fourth-order valence-electron chi connectivity index (χ4n) is 2.28. The summed E-state index contributed by atoms with van der Waals surface area (Å²) in [6, 6.07) is 2.38. The highest BCUT2D eigenvalue weighted by Gasteiger charge is 2.37. The zero-order chi connectivity index (χ0) is 15.0. The molecule has 1 fully saturated rings. The van der Waals surface area contributed by atoms with Crippen LogP contribution in [0.3, 0.4) is 0 Å². The maximum Gasteiger partial charge on any atom is 0.245 e. The summed E-state index contributed by atoms with van der Waals surface area (Å²) in [6.45, 7) is 1.56. The molecule has 9 heteroatoms. The molecule has 0 radical (unpaired) electrons. The van der Waals surface area contributed by atoms with Crippen molar-refractivity contribution in [1.29, 1.82) is 0 Å². The lowest BCUT2D eigenvalue weighted by atomic mass is 10.3. The van der Waals surface area contributed by atoms with Crippen LogP contribution in [0.15, 0.2) is 23.2 Å². The lowest BCUT2D eigenvalue weighted by molar-refractivity contribution is 0.356. The first-order valence-corrected chi connectivity index (χ1v) is 9.40. The summed E-state index contributed by atoms with van der Waals surface area (Å²) in [5, 5.41) is 0. The van der Waals surface area contributed by atoms with Gasteiger partial charge in [0.05, 0.1) is 17.2 Å². The normalized spacial score (nSPS) is 23.6. The Balaban J connectivity index is 2.41. The topological polar surface area (TPSA) is 110 Å². The first kappa shape index (κ1) is 15.4. The quantitative estimate of drug-likeness (QED) is 0.792. The number of hydrogen-bond donors (Lipinski definition) is 1. The minimum atomic E-state index is -3.78. The minimum absolute atomic E-state index is 0.00984. The van der Waals surface area contributed by atoms with Crippen LogP contribution in [0, 0.1) is 0 Å². The molecule has 0 amide bonds. The van der Waals surface area contributed by atoms with Gasteiger partial charge in [-0.3, -0.25) is 4.98 Å². The van der Waals surface area contributed by atoms with E-state index < -0.39 is 25.9 Å². The van der Waals surface area contributed by atoms with Crippen LogP contribution in [0.5, 0.6) is 0 Å². The van der Waals surface area contributed by atoms with Gasteiger partial charge in [-0.1, -0.05) is 0 Å². The number of aromatic nitrogens is 1. The summed E-state index contributed by atoms with van der Waals surface area (Å²) in [5.41, 5.74) is 5.80. The fraction of sp³-hybridized carbons (Fsp3) is 0.545. The number of sulfonamides is 1. The Morgan fingerprint density at radius 3 is 2.80 bits per heavy atom. The number of pyridine rings is 1. The van der Waals surface area contributed by atoms with Gasteiger partial charge in [-0.15, -0.1) is 0 Å². The van der Waals surface area contributed by atoms with Crippen molar-refractivity contribution in [2.24, 2.45) is 5.73 Å². The van der Waals surface area contributed by atoms with Crippen molar-refractivity contribution in [3.63, 3.8) is 0 Å². The molecule has 1 atom stereocenters. The lowest BCUT2D eigenvalue weighted by Gasteiger charge is -2.32. The monoisotopic (exact) mass is 319 g/mol. The van der Waals surface area contributed by atoms with Crippen LogP contribution in [-0.2, 0) is 26.4 Å². The van der Waals surface area contributed by atoms with Crippen molar-refractivity contribution in [3.05, 3.63) is 24.0 Å². The van der Waals surface area contributed by atoms with Crippen molar-refractivity contribution in [2.75, 3.05) is 18.1 Å². The molecule has 1 saturated heterocycles. The molecule has 1 unspecified atom stereocenters. The number of nitrogens with zero attached hydrogens (tertiary/aromatic N) is 2. The molecule has 0 bridgehead atoms. The average Bonchev–Trinajstić information content (AvgIpc) is 2.37. The first-order chi connectivity index (χ1) is 9.28. The molecular formula is C11H17N3O4S2. The van der Waals surface area contributed by atoms with E-state index in [0.29, 0.717) is 0 Å². The van der Waals surface area contributed by atoms with E-state index in [1.54, 1.807) is 6.92 Å². The summed E-state index contributed by atoms with van der Waals surface area (Å²) in [4.78, 5) is 4.01. The van der Waals surface area contributed by atoms with E-state index in [1.807, 2.05) is 0 Å². The van der Waals surface area contributed by atoms with Crippen LogP contribution in [0.2, 0.25) is 0 Å². The Morgan fingerprint density at radius 2 is 2.20 bits per heavy atom. The molecule has 2 rings (SSSR count). The SMILES string of the molecule is CC1CS(=O)(=O)CCN1S(=O)(=O)c1cccnc1CN. The van der Waals surface area contributed by atoms with Crippen LogP contribution >= 0.6 is 0 Å². The number of sulfone groups is 1. The molecule has 1 aromatic heterocycles. The molecule has 0 saturated carbocycles. The Kier molecular flexibility index (Phi) is 4.14. The fourth-order valence-corrected chi connectivity index (χ4v) is 5.86. The molecule has 0 aromatic carbocycles. The van der Waals surface area contributed by atoms with Crippen molar-refractivity contribution in [1.82, 2.24) is 9.29 Å².